The van der Waals surface area contributed by atoms with Crippen molar-refractivity contribution < 1.29 is 17.9 Å². The second kappa shape index (κ2) is 8.83. The molecule has 8 heteroatoms. The summed E-state index contributed by atoms with van der Waals surface area (Å²) in [4.78, 5) is 17.8. The Labute approximate surface area is 189 Å². The van der Waals surface area contributed by atoms with E-state index in [-0.39, 0.29) is 11.4 Å². The summed E-state index contributed by atoms with van der Waals surface area (Å²) >= 11 is 1.21. The number of carbonyl (C=O) groups excluding carboxylic acids is 1. The number of sulfone groups is 1. The number of hydrogen-bond acceptors (Lipinski definition) is 5. The Hall–Kier alpha value is -3.67. The zero-order chi connectivity index (χ0) is 22.7. The van der Waals surface area contributed by atoms with Gasteiger partial charge in [0.25, 0.3) is 5.91 Å². The molecule has 0 aliphatic carbocycles. The van der Waals surface area contributed by atoms with Crippen LogP contribution in [0.4, 0.5) is 0 Å². The summed E-state index contributed by atoms with van der Waals surface area (Å²) in [5.41, 5.74) is 1.08. The molecule has 1 heterocycles. The number of terminal acetylenes is 1. The molecule has 0 fully saturated rings. The first kappa shape index (κ1) is 21.6. The molecule has 1 aromatic heterocycles. The van der Waals surface area contributed by atoms with E-state index in [1.807, 2.05) is 30.3 Å². The van der Waals surface area contributed by atoms with Crippen molar-refractivity contribution in [2.24, 2.45) is 4.99 Å². The zero-order valence-electron chi connectivity index (χ0n) is 17.1. The van der Waals surface area contributed by atoms with E-state index >= 15 is 0 Å². The molecule has 0 saturated carbocycles. The van der Waals surface area contributed by atoms with Crippen LogP contribution < -0.4 is 9.54 Å². The average Bonchev–Trinajstić information content (AvgIpc) is 3.10. The van der Waals surface area contributed by atoms with E-state index in [1.165, 1.54) is 17.4 Å². The maximum atomic E-state index is 12.9. The molecule has 0 bridgehead atoms. The van der Waals surface area contributed by atoms with Crippen molar-refractivity contribution in [1.82, 2.24) is 4.57 Å². The van der Waals surface area contributed by atoms with E-state index in [2.05, 4.69) is 10.9 Å². The molecule has 0 aliphatic rings. The predicted octanol–water partition coefficient (Wildman–Crippen LogP) is 4.27. The van der Waals surface area contributed by atoms with E-state index in [0.29, 0.717) is 32.1 Å². The molecule has 0 N–H and O–H groups in total. The molecule has 0 atom stereocenters. The lowest BCUT2D eigenvalue weighted by Gasteiger charge is -2.06. The quantitative estimate of drug-likeness (QED) is 0.415. The minimum absolute atomic E-state index is 0.196. The molecule has 0 saturated heterocycles. The van der Waals surface area contributed by atoms with Crippen molar-refractivity contribution in [3.63, 3.8) is 0 Å². The summed E-state index contributed by atoms with van der Waals surface area (Å²) in [7, 11) is -3.36. The van der Waals surface area contributed by atoms with Gasteiger partial charge in [-0.1, -0.05) is 41.5 Å². The second-order valence-electron chi connectivity index (χ2n) is 6.94. The summed E-state index contributed by atoms with van der Waals surface area (Å²) in [6, 6.07) is 20.8. The van der Waals surface area contributed by atoms with Crippen LogP contribution in [0.25, 0.3) is 10.2 Å². The molecule has 6 nitrogen and oxygen atoms in total. The van der Waals surface area contributed by atoms with Crippen molar-refractivity contribution in [3.8, 4) is 23.8 Å². The number of benzene rings is 3. The summed E-state index contributed by atoms with van der Waals surface area (Å²) in [5, 5.41) is 0. The summed E-state index contributed by atoms with van der Waals surface area (Å²) < 4.78 is 32.0. The third-order valence-electron chi connectivity index (χ3n) is 4.59. The Morgan fingerprint density at radius 2 is 1.81 bits per heavy atom. The molecular weight excluding hydrogens is 444 g/mol. The maximum Gasteiger partial charge on any atom is 0.279 e. The van der Waals surface area contributed by atoms with E-state index in [0.717, 1.165) is 6.26 Å². The van der Waals surface area contributed by atoms with Gasteiger partial charge in [0.2, 0.25) is 0 Å². The van der Waals surface area contributed by atoms with Crippen LogP contribution in [-0.4, -0.2) is 25.1 Å². The predicted molar refractivity (Wildman–Crippen MR) is 125 cm³/mol. The monoisotopic (exact) mass is 462 g/mol. The first-order valence-corrected chi connectivity index (χ1v) is 12.2. The summed E-state index contributed by atoms with van der Waals surface area (Å²) in [5.74, 6) is 3.28. The molecule has 0 aliphatic heterocycles. The van der Waals surface area contributed by atoms with Gasteiger partial charge in [-0.25, -0.2) is 8.42 Å². The van der Waals surface area contributed by atoms with Crippen molar-refractivity contribution in [2.45, 2.75) is 11.4 Å². The highest BCUT2D eigenvalue weighted by Gasteiger charge is 2.13. The van der Waals surface area contributed by atoms with Crippen molar-refractivity contribution >= 4 is 37.3 Å². The third-order valence-corrected chi connectivity index (χ3v) is 6.74. The molecule has 160 valence electrons. The summed E-state index contributed by atoms with van der Waals surface area (Å²) in [6.45, 7) is 0.196. The van der Waals surface area contributed by atoms with Gasteiger partial charge in [0.1, 0.15) is 11.5 Å². The van der Waals surface area contributed by atoms with Crippen LogP contribution in [0.5, 0.6) is 11.5 Å². The number of ether oxygens (including phenoxy) is 1. The van der Waals surface area contributed by atoms with Crippen LogP contribution in [0.3, 0.4) is 0 Å². The molecular formula is C24H18N2O4S2. The van der Waals surface area contributed by atoms with Gasteiger partial charge in [-0.2, -0.15) is 4.99 Å². The largest absolute Gasteiger partial charge is 0.457 e. The maximum absolute atomic E-state index is 12.9. The van der Waals surface area contributed by atoms with Gasteiger partial charge in [-0.3, -0.25) is 4.79 Å². The molecule has 0 radical (unpaired) electrons. The number of fused-ring (bicyclic) bond motifs is 1. The molecule has 1 amide bonds. The van der Waals surface area contributed by atoms with Crippen LogP contribution in [0.2, 0.25) is 0 Å². The Morgan fingerprint density at radius 3 is 2.53 bits per heavy atom. The number of carbonyl (C=O) groups is 1. The first-order valence-electron chi connectivity index (χ1n) is 9.54. The van der Waals surface area contributed by atoms with E-state index in [9.17, 15) is 13.2 Å². The van der Waals surface area contributed by atoms with Gasteiger partial charge in [0.05, 0.1) is 21.7 Å². The highest BCUT2D eigenvalue weighted by molar-refractivity contribution is 7.90. The minimum Gasteiger partial charge on any atom is -0.457 e. The van der Waals surface area contributed by atoms with Gasteiger partial charge in [0, 0.05) is 11.8 Å². The van der Waals surface area contributed by atoms with Gasteiger partial charge in [-0.15, -0.1) is 6.42 Å². The molecule has 4 rings (SSSR count). The standard InChI is InChI=1S/C24H18N2O4S2/c1-3-14-26-21-13-12-20(32(2,28)29)16-22(21)31-24(26)25-23(27)17-8-7-11-19(15-17)30-18-9-5-4-6-10-18/h1,4-13,15-16H,14H2,2H3. The van der Waals surface area contributed by atoms with Gasteiger partial charge < -0.3 is 9.30 Å². The Balaban J connectivity index is 1.73. The first-order chi connectivity index (χ1) is 15.3. The molecule has 0 spiro atoms. The fourth-order valence-corrected chi connectivity index (χ4v) is 4.87. The SMILES string of the molecule is C#CCn1c(=NC(=O)c2cccc(Oc3ccccc3)c2)sc2cc(S(C)(=O)=O)ccc21. The van der Waals surface area contributed by atoms with Crippen LogP contribution in [-0.2, 0) is 16.4 Å². The van der Waals surface area contributed by atoms with Gasteiger partial charge in [0.15, 0.2) is 14.6 Å². The topological polar surface area (TPSA) is 77.7 Å². The zero-order valence-corrected chi connectivity index (χ0v) is 18.7. The number of hydrogen-bond donors (Lipinski definition) is 0. The van der Waals surface area contributed by atoms with Crippen molar-refractivity contribution in [2.75, 3.05) is 6.26 Å². The van der Waals surface area contributed by atoms with Gasteiger partial charge in [-0.05, 0) is 48.5 Å². The smallest absolute Gasteiger partial charge is 0.279 e. The number of nitrogens with zero attached hydrogens (tertiary/aromatic N) is 2. The van der Waals surface area contributed by atoms with Crippen molar-refractivity contribution in [1.29, 1.82) is 0 Å². The van der Waals surface area contributed by atoms with Crippen molar-refractivity contribution in [3.05, 3.63) is 83.2 Å². The molecule has 32 heavy (non-hydrogen) atoms. The van der Waals surface area contributed by atoms with Gasteiger partial charge >= 0.3 is 0 Å². The average molecular weight is 463 g/mol. The van der Waals surface area contributed by atoms with E-state index < -0.39 is 15.7 Å². The Bertz CT molecular complexity index is 1530. The molecule has 3 aromatic carbocycles. The minimum atomic E-state index is -3.36. The van der Waals surface area contributed by atoms with Crippen LogP contribution >= 0.6 is 11.3 Å². The highest BCUT2D eigenvalue weighted by Crippen LogP contribution is 2.23. The molecule has 4 aromatic rings. The highest BCUT2D eigenvalue weighted by atomic mass is 32.2. The summed E-state index contributed by atoms with van der Waals surface area (Å²) in [6.07, 6.45) is 6.66. The lowest BCUT2D eigenvalue weighted by Crippen LogP contribution is -2.16. The number of aromatic nitrogens is 1. The number of rotatable bonds is 5. The Kier molecular flexibility index (Phi) is 5.95. The normalized spacial score (nSPS) is 11.9. The fraction of sp³-hybridized carbons (Fsp3) is 0.0833. The van der Waals surface area contributed by atoms with Crippen LogP contribution in [0, 0.1) is 12.3 Å². The number of para-hydroxylation sites is 1. The lowest BCUT2D eigenvalue weighted by molar-refractivity contribution is 0.0997. The number of thiazole rings is 1. The second-order valence-corrected chi connectivity index (χ2v) is 9.96. The van der Waals surface area contributed by atoms with Crippen LogP contribution in [0.1, 0.15) is 10.4 Å². The Morgan fingerprint density at radius 1 is 1.06 bits per heavy atom. The fourth-order valence-electron chi connectivity index (χ4n) is 3.08. The van der Waals surface area contributed by atoms with E-state index in [4.69, 9.17) is 11.2 Å². The number of amides is 1. The van der Waals surface area contributed by atoms with E-state index in [1.54, 1.807) is 41.0 Å². The molecule has 0 unspecified atom stereocenters. The lowest BCUT2D eigenvalue weighted by atomic mass is 10.2. The third kappa shape index (κ3) is 4.64. The van der Waals surface area contributed by atoms with Crippen LogP contribution in [0.15, 0.2) is 82.7 Å².